The van der Waals surface area contributed by atoms with Crippen LogP contribution in [0.5, 0.6) is 0 Å². The molecule has 0 heterocycles. The minimum atomic E-state index is -3.79. The molecular weight excluding hydrogens is 280 g/mol. The van der Waals surface area contributed by atoms with Crippen molar-refractivity contribution in [2.75, 3.05) is 19.0 Å². The Morgan fingerprint density at radius 3 is 2.37 bits per heavy atom. The Morgan fingerprint density at radius 1 is 1.11 bits per heavy atom. The summed E-state index contributed by atoms with van der Waals surface area (Å²) in [6, 6.07) is 10.6. The summed E-state index contributed by atoms with van der Waals surface area (Å²) in [5.41, 5.74) is 0.945. The van der Waals surface area contributed by atoms with Crippen LogP contribution in [0, 0.1) is 0 Å². The summed E-state index contributed by atoms with van der Waals surface area (Å²) in [6.07, 6.45) is 0. The molecule has 0 aliphatic rings. The van der Waals surface area contributed by atoms with Crippen LogP contribution in [0.15, 0.2) is 45.7 Å². The standard InChI is InChI=1S/C13H12N2O2S2/c1-15(2)12-7-3-6-11-10(12)5-4-8-13(11)19(16,17)14-9-18/h3-8H,1-2H3. The van der Waals surface area contributed by atoms with Gasteiger partial charge in [-0.15, -0.1) is 4.40 Å². The van der Waals surface area contributed by atoms with E-state index in [9.17, 15) is 8.42 Å². The van der Waals surface area contributed by atoms with E-state index in [1.54, 1.807) is 12.1 Å². The number of fused-ring (bicyclic) bond motifs is 1. The van der Waals surface area contributed by atoms with Gasteiger partial charge in [-0.1, -0.05) is 24.3 Å². The van der Waals surface area contributed by atoms with Gasteiger partial charge in [-0.2, -0.15) is 8.42 Å². The predicted molar refractivity (Wildman–Crippen MR) is 80.5 cm³/mol. The van der Waals surface area contributed by atoms with Crippen LogP contribution in [0.2, 0.25) is 0 Å². The second-order valence-electron chi connectivity index (χ2n) is 4.18. The molecule has 0 saturated carbocycles. The van der Waals surface area contributed by atoms with Crippen LogP contribution in [0.1, 0.15) is 0 Å². The minimum Gasteiger partial charge on any atom is -0.377 e. The Labute approximate surface area is 117 Å². The Morgan fingerprint density at radius 2 is 1.74 bits per heavy atom. The highest BCUT2D eigenvalue weighted by molar-refractivity contribution is 7.91. The third kappa shape index (κ3) is 2.51. The molecule has 0 aromatic heterocycles. The van der Waals surface area contributed by atoms with E-state index in [4.69, 9.17) is 0 Å². The van der Waals surface area contributed by atoms with Gasteiger partial charge < -0.3 is 4.90 Å². The number of benzene rings is 2. The summed E-state index contributed by atoms with van der Waals surface area (Å²) < 4.78 is 27.3. The highest BCUT2D eigenvalue weighted by Gasteiger charge is 2.17. The van der Waals surface area contributed by atoms with Crippen molar-refractivity contribution in [3.05, 3.63) is 36.4 Å². The fourth-order valence-electron chi connectivity index (χ4n) is 1.98. The first-order valence-electron chi connectivity index (χ1n) is 5.50. The molecule has 0 amide bonds. The van der Waals surface area contributed by atoms with Crippen molar-refractivity contribution in [1.29, 1.82) is 0 Å². The molecule has 2 aromatic carbocycles. The maximum atomic E-state index is 12.0. The lowest BCUT2D eigenvalue weighted by Crippen LogP contribution is -2.09. The number of nitrogens with zero attached hydrogens (tertiary/aromatic N) is 2. The minimum absolute atomic E-state index is 0.144. The Bertz CT molecular complexity index is 776. The van der Waals surface area contributed by atoms with Crippen molar-refractivity contribution in [3.8, 4) is 0 Å². The molecule has 0 saturated heterocycles. The Hall–Kier alpha value is -1.75. The van der Waals surface area contributed by atoms with Crippen LogP contribution in [-0.2, 0) is 10.0 Å². The van der Waals surface area contributed by atoms with Crippen molar-refractivity contribution in [1.82, 2.24) is 0 Å². The highest BCUT2D eigenvalue weighted by Crippen LogP contribution is 2.30. The molecule has 2 rings (SSSR count). The molecule has 0 radical (unpaired) electrons. The maximum Gasteiger partial charge on any atom is 0.291 e. The first-order chi connectivity index (χ1) is 8.97. The van der Waals surface area contributed by atoms with E-state index in [-0.39, 0.29) is 4.90 Å². The van der Waals surface area contributed by atoms with Crippen LogP contribution >= 0.6 is 12.2 Å². The van der Waals surface area contributed by atoms with Gasteiger partial charge in [0.15, 0.2) is 0 Å². The fraction of sp³-hybridized carbons (Fsp3) is 0.154. The second kappa shape index (κ2) is 5.09. The summed E-state index contributed by atoms with van der Waals surface area (Å²) in [5, 5.41) is 3.40. The Balaban J connectivity index is 2.87. The summed E-state index contributed by atoms with van der Waals surface area (Å²) >= 11 is 4.39. The van der Waals surface area contributed by atoms with Gasteiger partial charge in [-0.05, 0) is 24.4 Å². The number of hydrogen-bond acceptors (Lipinski definition) is 4. The lowest BCUT2D eigenvalue weighted by atomic mass is 10.1. The SMILES string of the molecule is CN(C)c1cccc2c(S(=O)(=O)N=C=S)cccc12. The average molecular weight is 292 g/mol. The fourth-order valence-corrected chi connectivity index (χ4v) is 3.17. The van der Waals surface area contributed by atoms with Gasteiger partial charge in [-0.25, -0.2) is 0 Å². The van der Waals surface area contributed by atoms with Crippen molar-refractivity contribution in [2.45, 2.75) is 4.90 Å². The van der Waals surface area contributed by atoms with Gasteiger partial charge in [0.2, 0.25) is 0 Å². The molecule has 0 aliphatic heterocycles. The van der Waals surface area contributed by atoms with E-state index in [2.05, 4.69) is 16.6 Å². The number of anilines is 1. The molecular formula is C13H12N2O2S2. The van der Waals surface area contributed by atoms with Crippen LogP contribution < -0.4 is 4.90 Å². The lowest BCUT2D eigenvalue weighted by Gasteiger charge is -2.16. The summed E-state index contributed by atoms with van der Waals surface area (Å²) in [4.78, 5) is 2.08. The molecule has 0 spiro atoms. The molecule has 0 aliphatic carbocycles. The topological polar surface area (TPSA) is 49.7 Å². The van der Waals surface area contributed by atoms with Crippen LogP contribution in [0.4, 0.5) is 5.69 Å². The largest absolute Gasteiger partial charge is 0.377 e. The van der Waals surface area contributed by atoms with E-state index in [1.807, 2.05) is 42.4 Å². The van der Waals surface area contributed by atoms with Gasteiger partial charge in [-0.3, -0.25) is 0 Å². The molecule has 98 valence electrons. The van der Waals surface area contributed by atoms with Gasteiger partial charge in [0, 0.05) is 30.6 Å². The van der Waals surface area contributed by atoms with Gasteiger partial charge in [0.25, 0.3) is 10.0 Å². The highest BCUT2D eigenvalue weighted by atomic mass is 32.2. The zero-order valence-corrected chi connectivity index (χ0v) is 12.1. The molecule has 0 N–H and O–H groups in total. The molecule has 19 heavy (non-hydrogen) atoms. The van der Waals surface area contributed by atoms with E-state index in [1.165, 1.54) is 6.07 Å². The van der Waals surface area contributed by atoms with Crippen LogP contribution in [-0.4, -0.2) is 27.7 Å². The molecule has 2 aromatic rings. The summed E-state index contributed by atoms with van der Waals surface area (Å²) in [6.45, 7) is 0. The molecule has 0 atom stereocenters. The van der Waals surface area contributed by atoms with Crippen LogP contribution in [0.25, 0.3) is 10.8 Å². The third-order valence-corrected chi connectivity index (χ3v) is 4.23. The zero-order chi connectivity index (χ0) is 14.0. The average Bonchev–Trinajstić information content (AvgIpc) is 2.37. The smallest absolute Gasteiger partial charge is 0.291 e. The summed E-state index contributed by atoms with van der Waals surface area (Å²) in [5.74, 6) is 0. The quantitative estimate of drug-likeness (QED) is 0.644. The van der Waals surface area contributed by atoms with Gasteiger partial charge in [0.05, 0.1) is 10.1 Å². The number of isothiocyanates is 1. The lowest BCUT2D eigenvalue weighted by molar-refractivity contribution is 0.599. The number of sulfonamides is 1. The van der Waals surface area contributed by atoms with Crippen LogP contribution in [0.3, 0.4) is 0 Å². The van der Waals surface area contributed by atoms with E-state index in [0.717, 1.165) is 11.1 Å². The van der Waals surface area contributed by atoms with E-state index in [0.29, 0.717) is 5.39 Å². The van der Waals surface area contributed by atoms with Crippen molar-refractivity contribution >= 4 is 43.9 Å². The summed E-state index contributed by atoms with van der Waals surface area (Å²) in [7, 11) is 0.0275. The van der Waals surface area contributed by atoms with Gasteiger partial charge >= 0.3 is 0 Å². The predicted octanol–water partition coefficient (Wildman–Crippen LogP) is 2.70. The van der Waals surface area contributed by atoms with E-state index < -0.39 is 10.0 Å². The molecule has 0 bridgehead atoms. The van der Waals surface area contributed by atoms with E-state index >= 15 is 0 Å². The number of rotatable bonds is 3. The first kappa shape index (κ1) is 13.7. The molecule has 0 fully saturated rings. The normalized spacial score (nSPS) is 11.1. The number of thiocarbonyl (C=S) groups is 1. The molecule has 0 unspecified atom stereocenters. The van der Waals surface area contributed by atoms with Crippen molar-refractivity contribution in [3.63, 3.8) is 0 Å². The van der Waals surface area contributed by atoms with Crippen molar-refractivity contribution in [2.24, 2.45) is 4.40 Å². The second-order valence-corrected chi connectivity index (χ2v) is 5.94. The van der Waals surface area contributed by atoms with Gasteiger partial charge in [0.1, 0.15) is 0 Å². The first-order valence-corrected chi connectivity index (χ1v) is 7.35. The third-order valence-electron chi connectivity index (χ3n) is 2.78. The Kier molecular flexibility index (Phi) is 3.66. The monoisotopic (exact) mass is 292 g/mol. The molecule has 6 heteroatoms. The van der Waals surface area contributed by atoms with Crippen molar-refractivity contribution < 1.29 is 8.42 Å². The zero-order valence-electron chi connectivity index (χ0n) is 10.5. The molecule has 4 nitrogen and oxygen atoms in total. The maximum absolute atomic E-state index is 12.0. The number of hydrogen-bond donors (Lipinski definition) is 0.